The zero-order valence-electron chi connectivity index (χ0n) is 14.7. The highest BCUT2D eigenvalue weighted by atomic mass is 35.5. The largest absolute Gasteiger partial charge is 0.452 e. The first-order valence-corrected chi connectivity index (χ1v) is 8.95. The molecular weight excluding hydrogens is 405 g/mol. The molecular formula is C18H15Cl2N5O3. The highest BCUT2D eigenvalue weighted by molar-refractivity contribution is 6.42. The standard InChI is InChI=1S/C18H15Cl2N5O3/c1-11(12-6-7-14(19)15(20)8-12)22-17(26)9-28-18(27)13-4-2-3-5-16(13)25-10-21-23-24-25/h2-8,10-11H,9H2,1H3,(H,22,26). The van der Waals surface area contributed by atoms with Crippen LogP contribution in [-0.4, -0.2) is 38.7 Å². The van der Waals surface area contributed by atoms with Gasteiger partial charge in [0.1, 0.15) is 6.33 Å². The molecule has 0 bridgehead atoms. The van der Waals surface area contributed by atoms with Crippen molar-refractivity contribution in [3.63, 3.8) is 0 Å². The molecule has 1 amide bonds. The van der Waals surface area contributed by atoms with Crippen molar-refractivity contribution in [3.8, 4) is 5.69 Å². The summed E-state index contributed by atoms with van der Waals surface area (Å²) in [6.45, 7) is 1.35. The molecule has 0 aliphatic rings. The Morgan fingerprint density at radius 3 is 2.68 bits per heavy atom. The lowest BCUT2D eigenvalue weighted by Crippen LogP contribution is -2.31. The fraction of sp³-hybridized carbons (Fsp3) is 0.167. The van der Waals surface area contributed by atoms with E-state index in [2.05, 4.69) is 20.8 Å². The van der Waals surface area contributed by atoms with Gasteiger partial charge in [-0.25, -0.2) is 4.79 Å². The molecule has 10 heteroatoms. The number of benzene rings is 2. The maximum absolute atomic E-state index is 12.4. The van der Waals surface area contributed by atoms with Gasteiger partial charge in [-0.05, 0) is 47.2 Å². The predicted octanol–water partition coefficient (Wildman–Crippen LogP) is 3.00. The third-order valence-corrected chi connectivity index (χ3v) is 4.61. The minimum atomic E-state index is -0.663. The number of tetrazole rings is 1. The van der Waals surface area contributed by atoms with Crippen LogP contribution in [0.3, 0.4) is 0 Å². The minimum Gasteiger partial charge on any atom is -0.452 e. The molecule has 0 aliphatic carbocycles. The van der Waals surface area contributed by atoms with Crippen LogP contribution in [0.25, 0.3) is 5.69 Å². The van der Waals surface area contributed by atoms with Crippen LogP contribution in [0, 0.1) is 0 Å². The third kappa shape index (κ3) is 4.65. The Labute approximate surface area is 170 Å². The van der Waals surface area contributed by atoms with E-state index in [0.29, 0.717) is 15.7 Å². The Hall–Kier alpha value is -2.97. The monoisotopic (exact) mass is 419 g/mol. The number of ether oxygens (including phenoxy) is 1. The molecule has 0 fully saturated rings. The number of nitrogens with one attached hydrogen (secondary N) is 1. The molecule has 1 N–H and O–H groups in total. The topological polar surface area (TPSA) is 99.0 Å². The summed E-state index contributed by atoms with van der Waals surface area (Å²) < 4.78 is 6.46. The molecule has 1 unspecified atom stereocenters. The number of carbonyl (C=O) groups is 2. The van der Waals surface area contributed by atoms with Gasteiger partial charge in [-0.15, -0.1) is 5.10 Å². The second-order valence-corrected chi connectivity index (χ2v) is 6.62. The second kappa shape index (κ2) is 8.81. The van der Waals surface area contributed by atoms with Crippen molar-refractivity contribution >= 4 is 35.1 Å². The lowest BCUT2D eigenvalue weighted by atomic mass is 10.1. The van der Waals surface area contributed by atoms with E-state index in [4.69, 9.17) is 27.9 Å². The maximum Gasteiger partial charge on any atom is 0.340 e. The Morgan fingerprint density at radius 1 is 1.18 bits per heavy atom. The predicted molar refractivity (Wildman–Crippen MR) is 102 cm³/mol. The van der Waals surface area contributed by atoms with E-state index in [1.54, 1.807) is 49.4 Å². The molecule has 2 aromatic carbocycles. The molecule has 0 radical (unpaired) electrons. The molecule has 0 aliphatic heterocycles. The van der Waals surface area contributed by atoms with Gasteiger partial charge in [0.05, 0.1) is 27.3 Å². The van der Waals surface area contributed by atoms with Gasteiger partial charge in [0.2, 0.25) is 0 Å². The number of amides is 1. The smallest absolute Gasteiger partial charge is 0.340 e. The molecule has 0 saturated heterocycles. The number of esters is 1. The Balaban J connectivity index is 1.60. The molecule has 28 heavy (non-hydrogen) atoms. The van der Waals surface area contributed by atoms with Crippen LogP contribution in [0.4, 0.5) is 0 Å². The summed E-state index contributed by atoms with van der Waals surface area (Å²) >= 11 is 11.9. The van der Waals surface area contributed by atoms with Crippen molar-refractivity contribution in [2.75, 3.05) is 6.61 Å². The van der Waals surface area contributed by atoms with E-state index in [0.717, 1.165) is 5.56 Å². The number of nitrogens with zero attached hydrogens (tertiary/aromatic N) is 4. The fourth-order valence-electron chi connectivity index (χ4n) is 2.47. The van der Waals surface area contributed by atoms with E-state index < -0.39 is 18.5 Å². The van der Waals surface area contributed by atoms with Gasteiger partial charge in [-0.3, -0.25) is 4.79 Å². The summed E-state index contributed by atoms with van der Waals surface area (Å²) in [6.07, 6.45) is 1.36. The van der Waals surface area contributed by atoms with E-state index in [9.17, 15) is 9.59 Å². The van der Waals surface area contributed by atoms with Crippen LogP contribution >= 0.6 is 23.2 Å². The van der Waals surface area contributed by atoms with Gasteiger partial charge < -0.3 is 10.1 Å². The van der Waals surface area contributed by atoms with Crippen LogP contribution in [0.5, 0.6) is 0 Å². The summed E-state index contributed by atoms with van der Waals surface area (Å²) in [7, 11) is 0. The highest BCUT2D eigenvalue weighted by Crippen LogP contribution is 2.25. The van der Waals surface area contributed by atoms with Crippen LogP contribution in [0.2, 0.25) is 10.0 Å². The second-order valence-electron chi connectivity index (χ2n) is 5.81. The van der Waals surface area contributed by atoms with Gasteiger partial charge in [0, 0.05) is 0 Å². The molecule has 1 aromatic heterocycles. The normalized spacial score (nSPS) is 11.7. The van der Waals surface area contributed by atoms with Crippen LogP contribution in [0.15, 0.2) is 48.8 Å². The van der Waals surface area contributed by atoms with Crippen molar-refractivity contribution < 1.29 is 14.3 Å². The van der Waals surface area contributed by atoms with Crippen LogP contribution in [0.1, 0.15) is 28.9 Å². The van der Waals surface area contributed by atoms with Crippen molar-refractivity contribution in [3.05, 3.63) is 70.0 Å². The maximum atomic E-state index is 12.4. The van der Waals surface area contributed by atoms with Gasteiger partial charge in [0.15, 0.2) is 6.61 Å². The summed E-state index contributed by atoms with van der Waals surface area (Å²) in [5, 5.41) is 14.4. The van der Waals surface area contributed by atoms with Crippen LogP contribution < -0.4 is 5.32 Å². The molecule has 1 atom stereocenters. The number of aromatic nitrogens is 4. The first-order valence-electron chi connectivity index (χ1n) is 8.19. The average molecular weight is 420 g/mol. The number of hydrogen-bond donors (Lipinski definition) is 1. The van der Waals surface area contributed by atoms with Gasteiger partial charge in [-0.1, -0.05) is 41.4 Å². The van der Waals surface area contributed by atoms with Crippen molar-refractivity contribution in [2.45, 2.75) is 13.0 Å². The SMILES string of the molecule is CC(NC(=O)COC(=O)c1ccccc1-n1cnnn1)c1ccc(Cl)c(Cl)c1. The first-order chi connectivity index (χ1) is 13.5. The van der Waals surface area contributed by atoms with Crippen LogP contribution in [-0.2, 0) is 9.53 Å². The first kappa shape index (κ1) is 19.8. The Morgan fingerprint density at radius 2 is 1.96 bits per heavy atom. The molecule has 1 heterocycles. The van der Waals surface area contributed by atoms with Crippen molar-refractivity contribution in [1.82, 2.24) is 25.5 Å². The molecule has 144 valence electrons. The van der Waals surface area contributed by atoms with Crippen molar-refractivity contribution in [2.24, 2.45) is 0 Å². The highest BCUT2D eigenvalue weighted by Gasteiger charge is 2.17. The third-order valence-electron chi connectivity index (χ3n) is 3.88. The lowest BCUT2D eigenvalue weighted by Gasteiger charge is -2.15. The summed E-state index contributed by atoms with van der Waals surface area (Å²) in [5.74, 6) is -1.12. The zero-order chi connectivity index (χ0) is 20.1. The molecule has 8 nitrogen and oxygen atoms in total. The van der Waals surface area contributed by atoms with Crippen molar-refractivity contribution in [1.29, 1.82) is 0 Å². The number of para-hydroxylation sites is 1. The number of rotatable bonds is 6. The van der Waals surface area contributed by atoms with Gasteiger partial charge in [-0.2, -0.15) is 4.68 Å². The molecule has 0 saturated carbocycles. The Bertz CT molecular complexity index is 995. The van der Waals surface area contributed by atoms with E-state index in [-0.39, 0.29) is 11.6 Å². The number of carbonyl (C=O) groups excluding carboxylic acids is 2. The van der Waals surface area contributed by atoms with E-state index in [1.165, 1.54) is 11.0 Å². The van der Waals surface area contributed by atoms with E-state index >= 15 is 0 Å². The molecule has 3 aromatic rings. The number of hydrogen-bond acceptors (Lipinski definition) is 6. The van der Waals surface area contributed by atoms with E-state index in [1.807, 2.05) is 0 Å². The quantitative estimate of drug-likeness (QED) is 0.616. The van der Waals surface area contributed by atoms with Gasteiger partial charge in [0.25, 0.3) is 5.91 Å². The zero-order valence-corrected chi connectivity index (χ0v) is 16.2. The summed E-state index contributed by atoms with van der Waals surface area (Å²) in [5.41, 5.74) is 1.46. The fourth-order valence-corrected chi connectivity index (χ4v) is 2.78. The Kier molecular flexibility index (Phi) is 6.23. The summed E-state index contributed by atoms with van der Waals surface area (Å²) in [6, 6.07) is 11.4. The summed E-state index contributed by atoms with van der Waals surface area (Å²) in [4.78, 5) is 24.5. The minimum absolute atomic E-state index is 0.236. The molecule has 3 rings (SSSR count). The molecule has 0 spiro atoms. The lowest BCUT2D eigenvalue weighted by molar-refractivity contribution is -0.124. The average Bonchev–Trinajstić information content (AvgIpc) is 3.23. The van der Waals surface area contributed by atoms with Gasteiger partial charge >= 0.3 is 5.97 Å². The number of halogens is 2.